The molecule has 1 atom stereocenters. The van der Waals surface area contributed by atoms with Crippen LogP contribution in [0.1, 0.15) is 42.7 Å². The zero-order valence-electron chi connectivity index (χ0n) is 17.0. The summed E-state index contributed by atoms with van der Waals surface area (Å²) >= 11 is 0. The lowest BCUT2D eigenvalue weighted by Crippen LogP contribution is -2.15. The summed E-state index contributed by atoms with van der Waals surface area (Å²) in [5.74, 6) is -0.0834. The zero-order valence-corrected chi connectivity index (χ0v) is 17.0. The molecule has 0 amide bonds. The number of hydrogen-bond acceptors (Lipinski definition) is 6. The van der Waals surface area contributed by atoms with Crippen LogP contribution in [0, 0.1) is 0 Å². The molecule has 3 aromatic rings. The first kappa shape index (κ1) is 21.9. The van der Waals surface area contributed by atoms with Gasteiger partial charge in [0.1, 0.15) is 31.4 Å². The number of aldehydes is 1. The van der Waals surface area contributed by atoms with Gasteiger partial charge in [-0.05, 0) is 42.0 Å². The van der Waals surface area contributed by atoms with Gasteiger partial charge < -0.3 is 14.2 Å². The molecule has 1 unspecified atom stereocenters. The van der Waals surface area contributed by atoms with Crippen LogP contribution in [0.5, 0.6) is 5.75 Å². The van der Waals surface area contributed by atoms with Crippen LogP contribution >= 0.6 is 0 Å². The Morgan fingerprint density at radius 1 is 0.839 bits per heavy atom. The van der Waals surface area contributed by atoms with Crippen LogP contribution in [0.25, 0.3) is 0 Å². The number of rotatable bonds is 10. The minimum Gasteiger partial charge on any atom is -0.490 e. The number of carbonyl (C=O) groups excluding carboxylic acids is 3. The van der Waals surface area contributed by atoms with Gasteiger partial charge in [-0.3, -0.25) is 9.59 Å². The highest BCUT2D eigenvalue weighted by molar-refractivity contribution is 6.00. The van der Waals surface area contributed by atoms with Crippen LogP contribution < -0.4 is 4.74 Å². The number of carbonyl (C=O) groups is 3. The Kier molecular flexibility index (Phi) is 7.67. The van der Waals surface area contributed by atoms with E-state index in [4.69, 9.17) is 14.2 Å². The molecule has 0 N–H and O–H groups in total. The molecule has 6 nitrogen and oxygen atoms in total. The number of ether oxygens (including phenoxy) is 3. The Balaban J connectivity index is 1.49. The predicted molar refractivity (Wildman–Crippen MR) is 115 cm³/mol. The van der Waals surface area contributed by atoms with Crippen LogP contribution in [0.2, 0.25) is 0 Å². The van der Waals surface area contributed by atoms with Crippen molar-refractivity contribution in [1.82, 2.24) is 0 Å². The molecule has 0 spiro atoms. The maximum atomic E-state index is 12.8. The van der Waals surface area contributed by atoms with Crippen molar-refractivity contribution >= 4 is 18.0 Å². The molecule has 0 saturated heterocycles. The highest BCUT2D eigenvalue weighted by Gasteiger charge is 2.21. The zero-order chi connectivity index (χ0) is 22.1. The molecule has 0 radical (unpaired) electrons. The molecule has 0 heterocycles. The van der Waals surface area contributed by atoms with Crippen LogP contribution in [0.4, 0.5) is 0 Å². The van der Waals surface area contributed by atoms with Crippen LogP contribution in [0.15, 0.2) is 78.9 Å². The molecule has 0 aliphatic rings. The van der Waals surface area contributed by atoms with E-state index >= 15 is 0 Å². The second kappa shape index (κ2) is 10.8. The fraction of sp³-hybridized carbons (Fsp3) is 0.160. The summed E-state index contributed by atoms with van der Waals surface area (Å²) in [6, 6.07) is 22.2. The van der Waals surface area contributed by atoms with E-state index in [0.717, 1.165) is 5.56 Å². The first-order valence-corrected chi connectivity index (χ1v) is 9.69. The van der Waals surface area contributed by atoms with Crippen molar-refractivity contribution in [3.63, 3.8) is 0 Å². The maximum absolute atomic E-state index is 12.8. The molecule has 158 valence electrons. The smallest absolute Gasteiger partial charge is 0.338 e. The van der Waals surface area contributed by atoms with Gasteiger partial charge in [-0.2, -0.15) is 0 Å². The topological polar surface area (TPSA) is 78.9 Å². The largest absolute Gasteiger partial charge is 0.490 e. The minimum atomic E-state index is -0.673. The van der Waals surface area contributed by atoms with E-state index in [-0.39, 0.29) is 19.0 Å². The van der Waals surface area contributed by atoms with Crippen molar-refractivity contribution in [2.75, 3.05) is 20.3 Å². The van der Waals surface area contributed by atoms with E-state index in [1.54, 1.807) is 36.4 Å². The monoisotopic (exact) mass is 418 g/mol. The molecule has 3 rings (SSSR count). The van der Waals surface area contributed by atoms with Crippen LogP contribution in [-0.4, -0.2) is 38.4 Å². The van der Waals surface area contributed by atoms with Crippen molar-refractivity contribution < 1.29 is 28.6 Å². The Bertz CT molecular complexity index is 1010. The lowest BCUT2D eigenvalue weighted by atomic mass is 10.00. The molecule has 0 aliphatic heterocycles. The van der Waals surface area contributed by atoms with Crippen molar-refractivity contribution in [3.05, 3.63) is 101 Å². The highest BCUT2D eigenvalue weighted by atomic mass is 16.6. The van der Waals surface area contributed by atoms with Crippen molar-refractivity contribution in [1.29, 1.82) is 0 Å². The van der Waals surface area contributed by atoms with Gasteiger partial charge in [0.05, 0.1) is 5.56 Å². The Hall–Kier alpha value is -3.77. The van der Waals surface area contributed by atoms with Crippen molar-refractivity contribution in [2.24, 2.45) is 0 Å². The Morgan fingerprint density at radius 3 is 2.10 bits per heavy atom. The first-order chi connectivity index (χ1) is 15.1. The summed E-state index contributed by atoms with van der Waals surface area (Å²) in [5, 5.41) is 0. The summed E-state index contributed by atoms with van der Waals surface area (Å²) in [7, 11) is 1.50. The number of esters is 1. The summed E-state index contributed by atoms with van der Waals surface area (Å²) in [5.41, 5.74) is 2.15. The molecule has 0 bridgehead atoms. The number of benzene rings is 3. The summed E-state index contributed by atoms with van der Waals surface area (Å²) < 4.78 is 16.1. The molecule has 0 aliphatic carbocycles. The lowest BCUT2D eigenvalue weighted by Gasteiger charge is -2.15. The molecule has 31 heavy (non-hydrogen) atoms. The third kappa shape index (κ3) is 5.87. The quantitative estimate of drug-likeness (QED) is 0.211. The van der Waals surface area contributed by atoms with Crippen molar-refractivity contribution in [2.45, 2.75) is 6.10 Å². The number of Topliss-reactive ketones (excluding diaryl/α,β-unsaturated/α-hetero) is 1. The van der Waals surface area contributed by atoms with Gasteiger partial charge in [-0.25, -0.2) is 4.79 Å². The average molecular weight is 418 g/mol. The third-order valence-corrected chi connectivity index (χ3v) is 4.58. The molecular formula is C25H22O6. The maximum Gasteiger partial charge on any atom is 0.338 e. The average Bonchev–Trinajstić information content (AvgIpc) is 2.83. The van der Waals surface area contributed by atoms with E-state index in [1.165, 1.54) is 19.2 Å². The molecule has 0 saturated carbocycles. The van der Waals surface area contributed by atoms with Crippen LogP contribution in [-0.2, 0) is 9.47 Å². The molecule has 6 heteroatoms. The fourth-order valence-corrected chi connectivity index (χ4v) is 2.96. The third-order valence-electron chi connectivity index (χ3n) is 4.58. The molecule has 3 aromatic carbocycles. The lowest BCUT2D eigenvalue weighted by molar-refractivity contribution is 0.0450. The van der Waals surface area contributed by atoms with Crippen LogP contribution in [0.3, 0.4) is 0 Å². The van der Waals surface area contributed by atoms with E-state index in [1.807, 2.05) is 30.3 Å². The fourth-order valence-electron chi connectivity index (χ4n) is 2.96. The molecular weight excluding hydrogens is 396 g/mol. The molecule has 0 aromatic heterocycles. The number of methoxy groups -OCH3 is 1. The minimum absolute atomic E-state index is 0.0642. The Morgan fingerprint density at radius 2 is 1.48 bits per heavy atom. The van der Waals surface area contributed by atoms with E-state index in [2.05, 4.69) is 0 Å². The van der Waals surface area contributed by atoms with Gasteiger partial charge in [0.2, 0.25) is 0 Å². The first-order valence-electron chi connectivity index (χ1n) is 9.69. The SMILES string of the molecule is COC(C(=O)c1ccc(OCCOC(=O)c2ccc(C=O)cc2)cc1)c1ccccc1. The van der Waals surface area contributed by atoms with Gasteiger partial charge in [-0.1, -0.05) is 42.5 Å². The highest BCUT2D eigenvalue weighted by Crippen LogP contribution is 2.23. The molecule has 0 fully saturated rings. The summed E-state index contributed by atoms with van der Waals surface area (Å²) in [6.45, 7) is 0.227. The van der Waals surface area contributed by atoms with Gasteiger partial charge in [0.25, 0.3) is 0 Å². The normalized spacial score (nSPS) is 11.4. The van der Waals surface area contributed by atoms with Gasteiger partial charge in [0, 0.05) is 18.2 Å². The van der Waals surface area contributed by atoms with Gasteiger partial charge in [-0.15, -0.1) is 0 Å². The van der Waals surface area contributed by atoms with E-state index in [0.29, 0.717) is 28.7 Å². The number of ketones is 1. The van der Waals surface area contributed by atoms with Crippen molar-refractivity contribution in [3.8, 4) is 5.75 Å². The summed E-state index contributed by atoms with van der Waals surface area (Å²) in [4.78, 5) is 35.4. The van der Waals surface area contributed by atoms with Gasteiger partial charge >= 0.3 is 5.97 Å². The number of hydrogen-bond donors (Lipinski definition) is 0. The Labute approximate surface area is 180 Å². The second-order valence-electron chi connectivity index (χ2n) is 6.64. The van der Waals surface area contributed by atoms with E-state index in [9.17, 15) is 14.4 Å². The standard InChI is InChI=1S/C25H22O6/c1-29-24(20-5-3-2-4-6-20)23(27)19-11-13-22(14-12-19)30-15-16-31-25(28)21-9-7-18(17-26)8-10-21/h2-14,17,24H,15-16H2,1H3. The second-order valence-corrected chi connectivity index (χ2v) is 6.64. The summed E-state index contributed by atoms with van der Waals surface area (Å²) in [6.07, 6.45) is 0.0341. The van der Waals surface area contributed by atoms with E-state index < -0.39 is 12.1 Å². The van der Waals surface area contributed by atoms with Gasteiger partial charge in [0.15, 0.2) is 5.78 Å². The predicted octanol–water partition coefficient (Wildman–Crippen LogP) is 4.31.